The van der Waals surface area contributed by atoms with Gasteiger partial charge in [-0.1, -0.05) is 23.7 Å². The number of nitrogens with one attached hydrogen (secondary N) is 2. The molecule has 0 radical (unpaired) electrons. The Morgan fingerprint density at radius 2 is 1.79 bits per heavy atom. The fourth-order valence-corrected chi connectivity index (χ4v) is 3.13. The van der Waals surface area contributed by atoms with E-state index in [0.29, 0.717) is 13.1 Å². The van der Waals surface area contributed by atoms with Gasteiger partial charge in [0.15, 0.2) is 0 Å². The van der Waals surface area contributed by atoms with E-state index in [1.807, 2.05) is 24.3 Å². The van der Waals surface area contributed by atoms with Gasteiger partial charge in [0.25, 0.3) is 0 Å². The van der Waals surface area contributed by atoms with Crippen molar-refractivity contribution < 1.29 is 9.53 Å². The largest absolute Gasteiger partial charge is 0.373 e. The Kier molecular flexibility index (Phi) is 7.82. The molecule has 0 saturated carbocycles. The lowest BCUT2D eigenvalue weighted by Gasteiger charge is -2.35. The zero-order chi connectivity index (χ0) is 17.4. The average Bonchev–Trinajstić information content (AvgIpc) is 2.53. The molecule has 1 aliphatic heterocycles. The number of rotatable bonds is 7. The number of morpholine rings is 1. The molecule has 1 heterocycles. The van der Waals surface area contributed by atoms with Crippen LogP contribution in [-0.2, 0) is 11.2 Å². The first-order valence-corrected chi connectivity index (χ1v) is 9.04. The van der Waals surface area contributed by atoms with Gasteiger partial charge in [0.05, 0.1) is 12.2 Å². The number of hydrogen-bond donors (Lipinski definition) is 2. The highest BCUT2D eigenvalue weighted by Gasteiger charge is 2.21. The van der Waals surface area contributed by atoms with E-state index >= 15 is 0 Å². The predicted octanol–water partition coefficient (Wildman–Crippen LogP) is 2.68. The van der Waals surface area contributed by atoms with Gasteiger partial charge in [-0.05, 0) is 44.4 Å². The summed E-state index contributed by atoms with van der Waals surface area (Å²) in [4.78, 5) is 14.2. The number of hydrogen-bond acceptors (Lipinski definition) is 3. The third kappa shape index (κ3) is 7.07. The fourth-order valence-electron chi connectivity index (χ4n) is 3.01. The number of nitrogens with zero attached hydrogens (tertiary/aromatic N) is 1. The van der Waals surface area contributed by atoms with Gasteiger partial charge in [-0.3, -0.25) is 4.90 Å². The molecule has 0 bridgehead atoms. The highest BCUT2D eigenvalue weighted by atomic mass is 35.5. The summed E-state index contributed by atoms with van der Waals surface area (Å²) in [7, 11) is 0. The van der Waals surface area contributed by atoms with Crippen LogP contribution >= 0.6 is 11.6 Å². The molecule has 6 heteroatoms. The summed E-state index contributed by atoms with van der Waals surface area (Å²) in [5, 5.41) is 6.52. The molecule has 2 N–H and O–H groups in total. The number of urea groups is 1. The third-order valence-corrected chi connectivity index (χ3v) is 4.30. The second-order valence-corrected chi connectivity index (χ2v) is 6.87. The van der Waals surface area contributed by atoms with Crippen LogP contribution in [0.3, 0.4) is 0 Å². The van der Waals surface area contributed by atoms with Crippen LogP contribution in [0.1, 0.15) is 25.8 Å². The maximum Gasteiger partial charge on any atom is 0.314 e. The van der Waals surface area contributed by atoms with Crippen molar-refractivity contribution in [2.24, 2.45) is 0 Å². The van der Waals surface area contributed by atoms with Crippen LogP contribution in [0, 0.1) is 0 Å². The first-order valence-electron chi connectivity index (χ1n) is 8.67. The summed E-state index contributed by atoms with van der Waals surface area (Å²) in [6.07, 6.45) is 2.33. The third-order valence-electron chi connectivity index (χ3n) is 4.04. The molecule has 1 aromatic rings. The quantitative estimate of drug-likeness (QED) is 0.741. The molecular formula is C18H28ClN3O2. The van der Waals surface area contributed by atoms with Gasteiger partial charge in [-0.15, -0.1) is 0 Å². The highest BCUT2D eigenvalue weighted by molar-refractivity contribution is 6.30. The lowest BCUT2D eigenvalue weighted by Crippen LogP contribution is -2.46. The van der Waals surface area contributed by atoms with Crippen LogP contribution in [-0.4, -0.2) is 55.9 Å². The maximum absolute atomic E-state index is 11.8. The fraction of sp³-hybridized carbons (Fsp3) is 0.611. The number of benzene rings is 1. The first-order chi connectivity index (χ1) is 11.5. The van der Waals surface area contributed by atoms with Crippen molar-refractivity contribution in [3.63, 3.8) is 0 Å². The molecule has 0 unspecified atom stereocenters. The van der Waals surface area contributed by atoms with Crippen LogP contribution in [0.15, 0.2) is 24.3 Å². The summed E-state index contributed by atoms with van der Waals surface area (Å²) < 4.78 is 5.72. The van der Waals surface area contributed by atoms with Crippen molar-refractivity contribution in [3.05, 3.63) is 34.9 Å². The predicted molar refractivity (Wildman–Crippen MR) is 97.6 cm³/mol. The summed E-state index contributed by atoms with van der Waals surface area (Å²) in [6.45, 7) is 8.45. The Morgan fingerprint density at radius 1 is 1.17 bits per heavy atom. The van der Waals surface area contributed by atoms with E-state index in [1.165, 1.54) is 0 Å². The molecule has 0 spiro atoms. The second-order valence-electron chi connectivity index (χ2n) is 6.43. The first kappa shape index (κ1) is 19.0. The van der Waals surface area contributed by atoms with Crippen molar-refractivity contribution in [3.8, 4) is 0 Å². The standard InChI is InChI=1S/C18H28ClN3O2/c1-14-12-22(13-15(2)24-14)11-3-9-20-18(23)21-10-8-16-4-6-17(19)7-5-16/h4-7,14-15H,3,8-13H2,1-2H3,(H2,20,21,23)/t14-,15-/m1/s1. The number of carbonyl (C=O) groups is 1. The van der Waals surface area contributed by atoms with E-state index < -0.39 is 0 Å². The van der Waals surface area contributed by atoms with E-state index in [0.717, 1.165) is 43.1 Å². The van der Waals surface area contributed by atoms with Gasteiger partial charge >= 0.3 is 6.03 Å². The molecule has 134 valence electrons. The zero-order valence-corrected chi connectivity index (χ0v) is 15.3. The molecule has 24 heavy (non-hydrogen) atoms. The topological polar surface area (TPSA) is 53.6 Å². The number of amides is 2. The molecule has 1 aromatic carbocycles. The number of carbonyl (C=O) groups excluding carboxylic acids is 1. The molecule has 1 saturated heterocycles. The van der Waals surface area contributed by atoms with Gasteiger partial charge in [0.1, 0.15) is 0 Å². The molecule has 2 amide bonds. The van der Waals surface area contributed by atoms with Gasteiger partial charge < -0.3 is 15.4 Å². The Balaban J connectivity index is 1.52. The molecule has 0 aromatic heterocycles. The van der Waals surface area contributed by atoms with E-state index in [1.54, 1.807) is 0 Å². The van der Waals surface area contributed by atoms with E-state index in [4.69, 9.17) is 16.3 Å². The van der Waals surface area contributed by atoms with Crippen molar-refractivity contribution in [1.82, 2.24) is 15.5 Å². The smallest absolute Gasteiger partial charge is 0.314 e. The number of halogens is 1. The minimum Gasteiger partial charge on any atom is -0.373 e. The molecule has 2 rings (SSSR count). The molecule has 5 nitrogen and oxygen atoms in total. The van der Waals surface area contributed by atoms with E-state index in [2.05, 4.69) is 29.4 Å². The van der Waals surface area contributed by atoms with E-state index in [-0.39, 0.29) is 18.2 Å². The van der Waals surface area contributed by atoms with Crippen LogP contribution < -0.4 is 10.6 Å². The van der Waals surface area contributed by atoms with Crippen molar-refractivity contribution in [2.45, 2.75) is 38.9 Å². The second kappa shape index (κ2) is 9.87. The molecular weight excluding hydrogens is 326 g/mol. The van der Waals surface area contributed by atoms with Crippen molar-refractivity contribution in [2.75, 3.05) is 32.7 Å². The van der Waals surface area contributed by atoms with Gasteiger partial charge in [-0.25, -0.2) is 4.79 Å². The van der Waals surface area contributed by atoms with Crippen molar-refractivity contribution in [1.29, 1.82) is 0 Å². The minimum atomic E-state index is -0.104. The minimum absolute atomic E-state index is 0.104. The Bertz CT molecular complexity index is 499. The normalized spacial score (nSPS) is 21.5. The highest BCUT2D eigenvalue weighted by Crippen LogP contribution is 2.10. The van der Waals surface area contributed by atoms with Gasteiger partial charge in [0, 0.05) is 37.7 Å². The molecule has 0 aliphatic carbocycles. The van der Waals surface area contributed by atoms with Gasteiger partial charge in [0.2, 0.25) is 0 Å². The average molecular weight is 354 g/mol. The maximum atomic E-state index is 11.8. The molecule has 1 fully saturated rings. The van der Waals surface area contributed by atoms with Gasteiger partial charge in [-0.2, -0.15) is 0 Å². The van der Waals surface area contributed by atoms with Crippen molar-refractivity contribution >= 4 is 17.6 Å². The lowest BCUT2D eigenvalue weighted by molar-refractivity contribution is -0.0679. The molecule has 2 atom stereocenters. The monoisotopic (exact) mass is 353 g/mol. The van der Waals surface area contributed by atoms with Crippen LogP contribution in [0.5, 0.6) is 0 Å². The SMILES string of the molecule is C[C@@H]1CN(CCCNC(=O)NCCc2ccc(Cl)cc2)C[C@@H](C)O1. The lowest BCUT2D eigenvalue weighted by atomic mass is 10.1. The van der Waals surface area contributed by atoms with Crippen LogP contribution in [0.2, 0.25) is 5.02 Å². The Morgan fingerprint density at radius 3 is 2.46 bits per heavy atom. The summed E-state index contributed by atoms with van der Waals surface area (Å²) in [5.74, 6) is 0. The van der Waals surface area contributed by atoms with Crippen LogP contribution in [0.25, 0.3) is 0 Å². The van der Waals surface area contributed by atoms with E-state index in [9.17, 15) is 4.79 Å². The summed E-state index contributed by atoms with van der Waals surface area (Å²) in [5.41, 5.74) is 1.16. The Labute approximate surface area is 149 Å². The molecule has 1 aliphatic rings. The zero-order valence-electron chi connectivity index (χ0n) is 14.6. The Hall–Kier alpha value is -1.30. The summed E-state index contributed by atoms with van der Waals surface area (Å²) >= 11 is 5.85. The summed E-state index contributed by atoms with van der Waals surface area (Å²) in [6, 6.07) is 7.58. The van der Waals surface area contributed by atoms with Crippen LogP contribution in [0.4, 0.5) is 4.79 Å². The number of ether oxygens (including phenoxy) is 1.